The van der Waals surface area contributed by atoms with Crippen molar-refractivity contribution in [3.63, 3.8) is 0 Å². The van der Waals surface area contributed by atoms with Crippen molar-refractivity contribution in [1.82, 2.24) is 19.4 Å². The van der Waals surface area contributed by atoms with E-state index in [1.54, 1.807) is 20.2 Å². The van der Waals surface area contributed by atoms with E-state index in [4.69, 9.17) is 4.74 Å². The molecule has 0 N–H and O–H groups in total. The molecule has 0 aliphatic carbocycles. The lowest BCUT2D eigenvalue weighted by atomic mass is 10.0. The van der Waals surface area contributed by atoms with Gasteiger partial charge in [0.15, 0.2) is 0 Å². The molecule has 2 heterocycles. The van der Waals surface area contributed by atoms with E-state index in [9.17, 15) is 9.59 Å². The van der Waals surface area contributed by atoms with Crippen LogP contribution in [-0.2, 0) is 22.6 Å². The molecule has 162 valence electrons. The molecule has 0 radical (unpaired) electrons. The Morgan fingerprint density at radius 1 is 1.27 bits per heavy atom. The van der Waals surface area contributed by atoms with E-state index in [0.717, 1.165) is 36.5 Å². The van der Waals surface area contributed by atoms with Crippen LogP contribution in [0, 0.1) is 6.92 Å². The number of methoxy groups -OCH3 is 1. The molecule has 1 aromatic heterocycles. The molecule has 0 atom stereocenters. The first-order valence-electron chi connectivity index (χ1n) is 10.6. The van der Waals surface area contributed by atoms with Crippen LogP contribution in [0.1, 0.15) is 37.6 Å². The van der Waals surface area contributed by atoms with E-state index in [1.807, 2.05) is 47.2 Å². The summed E-state index contributed by atoms with van der Waals surface area (Å²) in [6.45, 7) is 6.41. The maximum absolute atomic E-state index is 12.7. The van der Waals surface area contributed by atoms with Crippen LogP contribution in [0.25, 0.3) is 0 Å². The maximum atomic E-state index is 12.7. The summed E-state index contributed by atoms with van der Waals surface area (Å²) in [5, 5.41) is 0. The van der Waals surface area contributed by atoms with Gasteiger partial charge in [-0.2, -0.15) is 0 Å². The molecule has 1 aliphatic rings. The van der Waals surface area contributed by atoms with Gasteiger partial charge in [0.25, 0.3) is 0 Å². The second-order valence-electron chi connectivity index (χ2n) is 7.84. The summed E-state index contributed by atoms with van der Waals surface area (Å²) in [4.78, 5) is 33.0. The number of carbonyl (C=O) groups is 2. The van der Waals surface area contributed by atoms with Gasteiger partial charge in [0.05, 0.1) is 7.11 Å². The number of hydrogen-bond donors (Lipinski definition) is 0. The van der Waals surface area contributed by atoms with Crippen LogP contribution in [0.2, 0.25) is 0 Å². The first-order chi connectivity index (χ1) is 14.5. The number of carbonyl (C=O) groups excluding carboxylic acids is 2. The monoisotopic (exact) mass is 412 g/mol. The van der Waals surface area contributed by atoms with Gasteiger partial charge in [-0.05, 0) is 43.9 Å². The van der Waals surface area contributed by atoms with Gasteiger partial charge in [0.1, 0.15) is 11.6 Å². The zero-order valence-corrected chi connectivity index (χ0v) is 18.2. The average molecular weight is 413 g/mol. The number of hydrogen-bond acceptors (Lipinski definition) is 4. The highest BCUT2D eigenvalue weighted by molar-refractivity contribution is 5.77. The first-order valence-corrected chi connectivity index (χ1v) is 10.6. The molecule has 7 nitrogen and oxygen atoms in total. The fourth-order valence-electron chi connectivity index (χ4n) is 4.12. The Kier molecular flexibility index (Phi) is 7.49. The third kappa shape index (κ3) is 5.62. The fourth-order valence-corrected chi connectivity index (χ4v) is 4.12. The summed E-state index contributed by atoms with van der Waals surface area (Å²) in [6, 6.07) is 8.05. The van der Waals surface area contributed by atoms with Crippen molar-refractivity contribution in [2.45, 2.75) is 52.1 Å². The van der Waals surface area contributed by atoms with Crippen molar-refractivity contribution in [2.75, 3.05) is 26.7 Å². The third-order valence-electron chi connectivity index (χ3n) is 5.93. The summed E-state index contributed by atoms with van der Waals surface area (Å²) >= 11 is 0. The van der Waals surface area contributed by atoms with E-state index in [2.05, 4.69) is 9.55 Å². The molecule has 1 saturated heterocycles. The molecule has 0 unspecified atom stereocenters. The van der Waals surface area contributed by atoms with Crippen molar-refractivity contribution >= 4 is 11.8 Å². The molecular weight excluding hydrogens is 380 g/mol. The molecule has 2 amide bonds. The largest absolute Gasteiger partial charge is 0.497 e. The van der Waals surface area contributed by atoms with Crippen LogP contribution >= 0.6 is 0 Å². The van der Waals surface area contributed by atoms with Crippen molar-refractivity contribution in [2.24, 2.45) is 0 Å². The molecule has 0 bridgehead atoms. The van der Waals surface area contributed by atoms with Crippen molar-refractivity contribution in [3.8, 4) is 5.75 Å². The van der Waals surface area contributed by atoms with Gasteiger partial charge in [0, 0.05) is 58.0 Å². The Balaban J connectivity index is 1.47. The van der Waals surface area contributed by atoms with Crippen molar-refractivity contribution < 1.29 is 14.3 Å². The highest BCUT2D eigenvalue weighted by atomic mass is 16.5. The molecule has 0 saturated carbocycles. The molecule has 30 heavy (non-hydrogen) atoms. The Labute approximate surface area is 178 Å². The highest BCUT2D eigenvalue weighted by Gasteiger charge is 2.28. The number of likely N-dealkylation sites (tertiary alicyclic amines) is 1. The lowest BCUT2D eigenvalue weighted by Gasteiger charge is -2.38. The Morgan fingerprint density at radius 2 is 2.03 bits per heavy atom. The van der Waals surface area contributed by atoms with Gasteiger partial charge in [-0.25, -0.2) is 4.98 Å². The van der Waals surface area contributed by atoms with E-state index >= 15 is 0 Å². The number of rotatable bonds is 8. The second-order valence-corrected chi connectivity index (χ2v) is 7.84. The molecule has 1 aromatic carbocycles. The lowest BCUT2D eigenvalue weighted by Crippen LogP contribution is -2.49. The predicted octanol–water partition coefficient (Wildman–Crippen LogP) is 2.67. The van der Waals surface area contributed by atoms with E-state index < -0.39 is 0 Å². The number of imidazole rings is 1. The number of aryl methyl sites for hydroxylation is 2. The smallest absolute Gasteiger partial charge is 0.222 e. The Hall–Kier alpha value is -2.83. The van der Waals surface area contributed by atoms with Crippen LogP contribution in [0.4, 0.5) is 0 Å². The van der Waals surface area contributed by atoms with Gasteiger partial charge < -0.3 is 19.1 Å². The van der Waals surface area contributed by atoms with Crippen LogP contribution in [0.5, 0.6) is 5.75 Å². The van der Waals surface area contributed by atoms with Crippen LogP contribution in [0.3, 0.4) is 0 Å². The van der Waals surface area contributed by atoms with E-state index in [1.165, 1.54) is 0 Å². The normalized spacial score (nSPS) is 14.6. The number of amides is 2. The summed E-state index contributed by atoms with van der Waals surface area (Å²) in [5.74, 6) is 2.04. The minimum atomic E-state index is 0.0931. The summed E-state index contributed by atoms with van der Waals surface area (Å²) in [7, 11) is 1.65. The standard InChI is InChI=1S/C23H32N4O3/c1-18-24-11-14-25(18)15-16-27(19(2)28)21-9-12-26(13-10-21)23(29)8-7-20-5-4-6-22(17-20)30-3/h4-6,11,14,17,21H,7-10,12-13,15-16H2,1-3H3. The predicted molar refractivity (Wildman–Crippen MR) is 115 cm³/mol. The van der Waals surface area contributed by atoms with Crippen molar-refractivity contribution in [3.05, 3.63) is 48.0 Å². The number of benzene rings is 1. The lowest BCUT2D eigenvalue weighted by molar-refractivity contribution is -0.135. The minimum Gasteiger partial charge on any atom is -0.497 e. The molecule has 0 spiro atoms. The average Bonchev–Trinajstić information content (AvgIpc) is 3.17. The van der Waals surface area contributed by atoms with Gasteiger partial charge >= 0.3 is 0 Å². The summed E-state index contributed by atoms with van der Waals surface area (Å²) < 4.78 is 7.31. The highest BCUT2D eigenvalue weighted by Crippen LogP contribution is 2.19. The van der Waals surface area contributed by atoms with Gasteiger partial charge in [-0.15, -0.1) is 0 Å². The topological polar surface area (TPSA) is 67.7 Å². The van der Waals surface area contributed by atoms with Gasteiger partial charge in [-0.3, -0.25) is 9.59 Å². The summed E-state index contributed by atoms with van der Waals surface area (Å²) in [6.07, 6.45) is 6.58. The second kappa shape index (κ2) is 10.3. The van der Waals surface area contributed by atoms with Crippen LogP contribution in [0.15, 0.2) is 36.7 Å². The number of ether oxygens (including phenoxy) is 1. The van der Waals surface area contributed by atoms with E-state index in [0.29, 0.717) is 32.5 Å². The first kappa shape index (κ1) is 21.9. The minimum absolute atomic E-state index is 0.0931. The quantitative estimate of drug-likeness (QED) is 0.669. The number of nitrogens with zero attached hydrogens (tertiary/aromatic N) is 4. The van der Waals surface area contributed by atoms with E-state index in [-0.39, 0.29) is 17.9 Å². The van der Waals surface area contributed by atoms with Crippen molar-refractivity contribution in [1.29, 1.82) is 0 Å². The molecule has 3 rings (SSSR count). The fraction of sp³-hybridized carbons (Fsp3) is 0.522. The van der Waals surface area contributed by atoms with Crippen LogP contribution < -0.4 is 4.74 Å². The summed E-state index contributed by atoms with van der Waals surface area (Å²) in [5.41, 5.74) is 1.11. The van der Waals surface area contributed by atoms with Gasteiger partial charge in [0.2, 0.25) is 11.8 Å². The zero-order valence-electron chi connectivity index (χ0n) is 18.2. The maximum Gasteiger partial charge on any atom is 0.222 e. The number of aromatic nitrogens is 2. The number of piperidine rings is 1. The van der Waals surface area contributed by atoms with Crippen LogP contribution in [-0.4, -0.2) is 64.0 Å². The zero-order chi connectivity index (χ0) is 21.5. The Morgan fingerprint density at radius 3 is 2.67 bits per heavy atom. The molecular formula is C23H32N4O3. The third-order valence-corrected chi connectivity index (χ3v) is 5.93. The van der Waals surface area contributed by atoms with Gasteiger partial charge in [-0.1, -0.05) is 12.1 Å². The molecule has 1 aliphatic heterocycles. The molecule has 1 fully saturated rings. The SMILES string of the molecule is COc1cccc(CCC(=O)N2CCC(N(CCn3ccnc3C)C(C)=O)CC2)c1. The molecule has 2 aromatic rings. The Bertz CT molecular complexity index is 856. The molecule has 7 heteroatoms.